The fourth-order valence-electron chi connectivity index (χ4n) is 4.60. The van der Waals surface area contributed by atoms with Crippen LogP contribution >= 0.6 is 0 Å². The molecule has 2 aromatic carbocycles. The lowest BCUT2D eigenvalue weighted by Crippen LogP contribution is -2.36. The lowest BCUT2D eigenvalue weighted by Gasteiger charge is -2.37. The summed E-state index contributed by atoms with van der Waals surface area (Å²) in [5.74, 6) is -0.170. The molecule has 0 aromatic heterocycles. The van der Waals surface area contributed by atoms with Gasteiger partial charge in [-0.2, -0.15) is 0 Å². The molecule has 0 saturated carbocycles. The second-order valence-electron chi connectivity index (χ2n) is 7.66. The summed E-state index contributed by atoms with van der Waals surface area (Å²) in [4.78, 5) is 26.2. The Morgan fingerprint density at radius 1 is 1.00 bits per heavy atom. The highest BCUT2D eigenvalue weighted by atomic mass is 16.5. The van der Waals surface area contributed by atoms with Crippen LogP contribution < -0.4 is 10.1 Å². The van der Waals surface area contributed by atoms with Crippen LogP contribution in [0, 0.1) is 0 Å². The number of para-hydroxylation sites is 1. The zero-order chi connectivity index (χ0) is 21.3. The van der Waals surface area contributed by atoms with Gasteiger partial charge in [0.2, 0.25) is 0 Å². The standard InChI is InChI=1S/C25H25NO4/c1-15-22(25(28)30-3)23(18-11-7-8-12-21(18)29-2)24-19(26-15)13-17(14-20(24)27)16-9-5-4-6-10-16/h4-12,17,23,26H,13-14H2,1-3H3/t17-,23-/m1/s1. The van der Waals surface area contributed by atoms with Crippen molar-refractivity contribution in [2.75, 3.05) is 14.2 Å². The first kappa shape index (κ1) is 20.0. The summed E-state index contributed by atoms with van der Waals surface area (Å²) in [6.45, 7) is 1.86. The molecule has 0 radical (unpaired) electrons. The third-order valence-electron chi connectivity index (χ3n) is 5.95. The molecule has 0 fully saturated rings. The Morgan fingerprint density at radius 2 is 1.70 bits per heavy atom. The maximum absolute atomic E-state index is 13.4. The fourth-order valence-corrected chi connectivity index (χ4v) is 4.60. The third kappa shape index (κ3) is 3.41. The van der Waals surface area contributed by atoms with Gasteiger partial charge in [-0.1, -0.05) is 48.5 Å². The first-order valence-corrected chi connectivity index (χ1v) is 10.0. The molecule has 1 aliphatic carbocycles. The second-order valence-corrected chi connectivity index (χ2v) is 7.66. The number of Topliss-reactive ketones (excluding diaryl/α,β-unsaturated/α-hetero) is 1. The van der Waals surface area contributed by atoms with Crippen molar-refractivity contribution in [3.8, 4) is 5.75 Å². The number of rotatable bonds is 4. The maximum Gasteiger partial charge on any atom is 0.336 e. The average molecular weight is 403 g/mol. The van der Waals surface area contributed by atoms with Crippen LogP contribution in [0.1, 0.15) is 42.7 Å². The first-order valence-electron chi connectivity index (χ1n) is 10.0. The minimum atomic E-state index is -0.519. The van der Waals surface area contributed by atoms with Gasteiger partial charge in [0.25, 0.3) is 0 Å². The van der Waals surface area contributed by atoms with Gasteiger partial charge in [-0.05, 0) is 30.9 Å². The van der Waals surface area contributed by atoms with Crippen molar-refractivity contribution < 1.29 is 19.1 Å². The van der Waals surface area contributed by atoms with Crippen LogP contribution in [0.4, 0.5) is 0 Å². The Bertz CT molecular complexity index is 1050. The van der Waals surface area contributed by atoms with E-state index in [-0.39, 0.29) is 11.7 Å². The molecule has 0 bridgehead atoms. The van der Waals surface area contributed by atoms with Crippen molar-refractivity contribution in [3.05, 3.63) is 88.3 Å². The highest BCUT2D eigenvalue weighted by Gasteiger charge is 2.42. The summed E-state index contributed by atoms with van der Waals surface area (Å²) in [6.07, 6.45) is 1.12. The van der Waals surface area contributed by atoms with Gasteiger partial charge in [-0.3, -0.25) is 4.79 Å². The van der Waals surface area contributed by atoms with Crippen molar-refractivity contribution in [3.63, 3.8) is 0 Å². The lowest BCUT2D eigenvalue weighted by molar-refractivity contribution is -0.136. The number of hydrogen-bond donors (Lipinski definition) is 1. The Hall–Kier alpha value is -3.34. The van der Waals surface area contributed by atoms with Gasteiger partial charge in [-0.15, -0.1) is 0 Å². The average Bonchev–Trinajstić information content (AvgIpc) is 2.78. The highest BCUT2D eigenvalue weighted by molar-refractivity contribution is 6.04. The number of esters is 1. The Morgan fingerprint density at radius 3 is 2.40 bits per heavy atom. The molecule has 2 aromatic rings. The Kier molecular flexibility index (Phi) is 5.44. The van der Waals surface area contributed by atoms with Gasteiger partial charge in [0.05, 0.1) is 25.7 Å². The maximum atomic E-state index is 13.4. The molecule has 1 heterocycles. The Labute approximate surface area is 176 Å². The number of allylic oxidation sites excluding steroid dienone is 3. The number of ether oxygens (including phenoxy) is 2. The van der Waals surface area contributed by atoms with E-state index in [0.717, 1.165) is 16.8 Å². The number of ketones is 1. The van der Waals surface area contributed by atoms with Crippen LogP contribution in [0.5, 0.6) is 5.75 Å². The van der Waals surface area contributed by atoms with E-state index in [1.807, 2.05) is 49.4 Å². The third-order valence-corrected chi connectivity index (χ3v) is 5.95. The van der Waals surface area contributed by atoms with E-state index in [1.54, 1.807) is 7.11 Å². The van der Waals surface area contributed by atoms with Gasteiger partial charge in [0.15, 0.2) is 5.78 Å². The molecule has 4 rings (SSSR count). The summed E-state index contributed by atoms with van der Waals surface area (Å²) in [6, 6.07) is 17.6. The predicted octanol–water partition coefficient (Wildman–Crippen LogP) is 4.23. The first-order chi connectivity index (χ1) is 14.5. The van der Waals surface area contributed by atoms with E-state index < -0.39 is 11.9 Å². The van der Waals surface area contributed by atoms with E-state index in [9.17, 15) is 9.59 Å². The number of carbonyl (C=O) groups is 2. The smallest absolute Gasteiger partial charge is 0.336 e. The summed E-state index contributed by atoms with van der Waals surface area (Å²) < 4.78 is 10.7. The summed E-state index contributed by atoms with van der Waals surface area (Å²) in [7, 11) is 2.96. The number of benzene rings is 2. The highest BCUT2D eigenvalue weighted by Crippen LogP contribution is 2.47. The molecule has 2 aliphatic rings. The molecule has 1 N–H and O–H groups in total. The van der Waals surface area contributed by atoms with E-state index in [0.29, 0.717) is 35.4 Å². The summed E-state index contributed by atoms with van der Waals surface area (Å²) in [5.41, 5.74) is 4.61. The molecule has 5 heteroatoms. The van der Waals surface area contributed by atoms with Crippen molar-refractivity contribution >= 4 is 11.8 Å². The van der Waals surface area contributed by atoms with Gasteiger partial charge < -0.3 is 14.8 Å². The number of methoxy groups -OCH3 is 2. The number of nitrogens with one attached hydrogen (secondary N) is 1. The molecule has 1 aliphatic heterocycles. The minimum Gasteiger partial charge on any atom is -0.496 e. The molecule has 154 valence electrons. The van der Waals surface area contributed by atoms with Gasteiger partial charge >= 0.3 is 5.97 Å². The van der Waals surface area contributed by atoms with Crippen LogP contribution in [-0.2, 0) is 14.3 Å². The van der Waals surface area contributed by atoms with Crippen LogP contribution in [0.2, 0.25) is 0 Å². The predicted molar refractivity (Wildman–Crippen MR) is 114 cm³/mol. The quantitative estimate of drug-likeness (QED) is 0.774. The molecule has 2 atom stereocenters. The fraction of sp³-hybridized carbons (Fsp3) is 0.280. The van der Waals surface area contributed by atoms with Gasteiger partial charge in [-0.25, -0.2) is 4.79 Å². The molecule has 0 saturated heterocycles. The van der Waals surface area contributed by atoms with Gasteiger partial charge in [0.1, 0.15) is 5.75 Å². The monoisotopic (exact) mass is 403 g/mol. The number of hydrogen-bond acceptors (Lipinski definition) is 5. The largest absolute Gasteiger partial charge is 0.496 e. The van der Waals surface area contributed by atoms with E-state index in [1.165, 1.54) is 7.11 Å². The van der Waals surface area contributed by atoms with E-state index >= 15 is 0 Å². The SMILES string of the molecule is COC(=O)C1=C(C)NC2=C(C(=O)C[C@H](c3ccccc3)C2)[C@@H]1c1ccccc1OC. The molecular formula is C25H25NO4. The van der Waals surface area contributed by atoms with E-state index in [2.05, 4.69) is 17.4 Å². The van der Waals surface area contributed by atoms with Crippen molar-refractivity contribution in [2.45, 2.75) is 31.6 Å². The topological polar surface area (TPSA) is 64.6 Å². The second kappa shape index (κ2) is 8.19. The molecule has 0 unspecified atom stereocenters. The number of dihydropyridines is 1. The molecule has 0 amide bonds. The molecule has 5 nitrogen and oxygen atoms in total. The van der Waals surface area contributed by atoms with E-state index in [4.69, 9.17) is 9.47 Å². The van der Waals surface area contributed by atoms with Crippen LogP contribution in [-0.4, -0.2) is 26.0 Å². The molecular weight excluding hydrogens is 378 g/mol. The molecule has 0 spiro atoms. The number of carbonyl (C=O) groups excluding carboxylic acids is 2. The van der Waals surface area contributed by atoms with Crippen molar-refractivity contribution in [1.29, 1.82) is 0 Å². The molecule has 30 heavy (non-hydrogen) atoms. The van der Waals surface area contributed by atoms with Gasteiger partial charge in [0, 0.05) is 29.0 Å². The summed E-state index contributed by atoms with van der Waals surface area (Å²) >= 11 is 0. The van der Waals surface area contributed by atoms with Crippen LogP contribution in [0.3, 0.4) is 0 Å². The normalized spacial score (nSPS) is 21.1. The summed E-state index contributed by atoms with van der Waals surface area (Å²) in [5, 5.41) is 3.35. The zero-order valence-electron chi connectivity index (χ0n) is 17.4. The van der Waals surface area contributed by atoms with Crippen LogP contribution in [0.15, 0.2) is 77.1 Å². The van der Waals surface area contributed by atoms with Crippen molar-refractivity contribution in [1.82, 2.24) is 5.32 Å². The minimum absolute atomic E-state index is 0.0439. The van der Waals surface area contributed by atoms with Crippen LogP contribution in [0.25, 0.3) is 0 Å². The zero-order valence-corrected chi connectivity index (χ0v) is 17.4. The Balaban J connectivity index is 1.85. The lowest BCUT2D eigenvalue weighted by atomic mass is 9.71. The van der Waals surface area contributed by atoms with Crippen molar-refractivity contribution in [2.24, 2.45) is 0 Å².